The van der Waals surface area contributed by atoms with Crippen LogP contribution >= 0.6 is 11.6 Å². The van der Waals surface area contributed by atoms with E-state index in [1.54, 1.807) is 55.6 Å². The maximum Gasteiger partial charge on any atom is 0.300 e. The average molecular weight is 491 g/mol. The van der Waals surface area contributed by atoms with E-state index in [2.05, 4.69) is 18.7 Å². The van der Waals surface area contributed by atoms with Gasteiger partial charge in [-0.1, -0.05) is 23.7 Å². The van der Waals surface area contributed by atoms with Crippen LogP contribution in [0.15, 0.2) is 78.4 Å². The molecule has 35 heavy (non-hydrogen) atoms. The molecule has 1 unspecified atom stereocenters. The second-order valence-electron chi connectivity index (χ2n) is 8.14. The summed E-state index contributed by atoms with van der Waals surface area (Å²) >= 11 is 6.06. The highest BCUT2D eigenvalue weighted by Gasteiger charge is 2.47. The van der Waals surface area contributed by atoms with Gasteiger partial charge in [0.2, 0.25) is 0 Å². The Morgan fingerprint density at radius 2 is 1.54 bits per heavy atom. The monoisotopic (exact) mass is 490 g/mol. The number of rotatable bonds is 7. The number of carbonyl (C=O) groups is 2. The number of ether oxygens (including phenoxy) is 1. The molecule has 0 radical (unpaired) electrons. The molecule has 1 saturated heterocycles. The minimum absolute atomic E-state index is 0.0331. The molecule has 0 aromatic heterocycles. The van der Waals surface area contributed by atoms with Crippen molar-refractivity contribution in [2.45, 2.75) is 19.9 Å². The van der Waals surface area contributed by atoms with Crippen molar-refractivity contribution in [2.75, 3.05) is 30.0 Å². The van der Waals surface area contributed by atoms with E-state index >= 15 is 0 Å². The predicted octanol–water partition coefficient (Wildman–Crippen LogP) is 5.82. The minimum Gasteiger partial charge on any atom is -0.507 e. The van der Waals surface area contributed by atoms with E-state index < -0.39 is 17.7 Å². The van der Waals surface area contributed by atoms with Crippen molar-refractivity contribution in [3.05, 3.63) is 94.5 Å². The van der Waals surface area contributed by atoms with Crippen molar-refractivity contribution in [2.24, 2.45) is 0 Å². The lowest BCUT2D eigenvalue weighted by molar-refractivity contribution is -0.132. The number of aliphatic hydroxyl groups is 1. The van der Waals surface area contributed by atoms with Crippen LogP contribution in [0.25, 0.3) is 5.76 Å². The van der Waals surface area contributed by atoms with Gasteiger partial charge in [0, 0.05) is 35.1 Å². The number of benzene rings is 3. The second-order valence-corrected chi connectivity index (χ2v) is 8.57. The van der Waals surface area contributed by atoms with Gasteiger partial charge < -0.3 is 14.7 Å². The standard InChI is InChI=1S/C28H27ClN2O4/c1-4-30(5-2)21-12-6-18(7-13-21)25-24(26(32)19-8-16-23(35-3)17-9-19)27(33)28(34)31(25)22-14-10-20(29)11-15-22/h6-17,25,32H,4-5H2,1-3H3/b26-24-. The number of aliphatic hydroxyl groups excluding tert-OH is 1. The molecule has 1 aliphatic heterocycles. The van der Waals surface area contributed by atoms with Gasteiger partial charge >= 0.3 is 0 Å². The molecule has 4 rings (SSSR count). The van der Waals surface area contributed by atoms with E-state index in [1.165, 1.54) is 4.90 Å². The number of amides is 1. The molecule has 7 heteroatoms. The molecule has 0 spiro atoms. The number of halogens is 1. The molecule has 1 N–H and O–H groups in total. The molecule has 0 saturated carbocycles. The zero-order valence-electron chi connectivity index (χ0n) is 19.9. The van der Waals surface area contributed by atoms with Gasteiger partial charge in [-0.2, -0.15) is 0 Å². The van der Waals surface area contributed by atoms with Gasteiger partial charge in [-0.25, -0.2) is 0 Å². The minimum atomic E-state index is -0.802. The summed E-state index contributed by atoms with van der Waals surface area (Å²) in [5, 5.41) is 11.8. The Kier molecular flexibility index (Phi) is 7.12. The Hall–Kier alpha value is -3.77. The van der Waals surface area contributed by atoms with E-state index in [4.69, 9.17) is 16.3 Å². The summed E-state index contributed by atoms with van der Waals surface area (Å²) in [6.45, 7) is 5.89. The number of Topliss-reactive ketones (excluding diaryl/α,β-unsaturated/α-hetero) is 1. The van der Waals surface area contributed by atoms with Gasteiger partial charge in [-0.05, 0) is 80.1 Å². The fraction of sp³-hybridized carbons (Fsp3) is 0.214. The van der Waals surface area contributed by atoms with Crippen LogP contribution in [0, 0.1) is 0 Å². The molecule has 1 heterocycles. The zero-order valence-corrected chi connectivity index (χ0v) is 20.6. The SMILES string of the molecule is CCN(CC)c1ccc(C2/C(=C(/O)c3ccc(OC)cc3)C(=O)C(=O)N2c2ccc(Cl)cc2)cc1. The Morgan fingerprint density at radius 1 is 0.943 bits per heavy atom. The topological polar surface area (TPSA) is 70.1 Å². The number of hydrogen-bond donors (Lipinski definition) is 1. The normalized spacial score (nSPS) is 17.0. The summed E-state index contributed by atoms with van der Waals surface area (Å²) in [5.41, 5.74) is 2.72. The Morgan fingerprint density at radius 3 is 2.09 bits per heavy atom. The van der Waals surface area contributed by atoms with Crippen molar-refractivity contribution >= 4 is 40.4 Å². The first-order chi connectivity index (χ1) is 16.9. The molecule has 3 aromatic carbocycles. The summed E-state index contributed by atoms with van der Waals surface area (Å²) < 4.78 is 5.19. The zero-order chi connectivity index (χ0) is 25.1. The van der Waals surface area contributed by atoms with Gasteiger partial charge in [0.25, 0.3) is 11.7 Å². The number of nitrogens with zero attached hydrogens (tertiary/aromatic N) is 2. The number of methoxy groups -OCH3 is 1. The molecule has 6 nitrogen and oxygen atoms in total. The Balaban J connectivity index is 1.87. The van der Waals surface area contributed by atoms with E-state index in [1.807, 2.05) is 24.3 Å². The van der Waals surface area contributed by atoms with Crippen molar-refractivity contribution in [1.29, 1.82) is 0 Å². The maximum atomic E-state index is 13.3. The molecule has 0 bridgehead atoms. The highest BCUT2D eigenvalue weighted by molar-refractivity contribution is 6.51. The average Bonchev–Trinajstić information content (AvgIpc) is 3.15. The first-order valence-electron chi connectivity index (χ1n) is 11.5. The predicted molar refractivity (Wildman–Crippen MR) is 139 cm³/mol. The largest absolute Gasteiger partial charge is 0.507 e. The van der Waals surface area contributed by atoms with Gasteiger partial charge in [-0.3, -0.25) is 14.5 Å². The fourth-order valence-electron chi connectivity index (χ4n) is 4.38. The number of hydrogen-bond acceptors (Lipinski definition) is 5. The fourth-order valence-corrected chi connectivity index (χ4v) is 4.50. The summed E-state index contributed by atoms with van der Waals surface area (Å²) in [5.74, 6) is -1.07. The molecular weight excluding hydrogens is 464 g/mol. The lowest BCUT2D eigenvalue weighted by atomic mass is 9.95. The Bertz CT molecular complexity index is 1250. The van der Waals surface area contributed by atoms with Crippen molar-refractivity contribution in [1.82, 2.24) is 0 Å². The summed E-state index contributed by atoms with van der Waals surface area (Å²) in [6, 6.07) is 20.4. The first kappa shape index (κ1) is 24.4. The number of anilines is 2. The van der Waals surface area contributed by atoms with Crippen LogP contribution in [0.1, 0.15) is 31.0 Å². The molecule has 1 aliphatic rings. The highest BCUT2D eigenvalue weighted by atomic mass is 35.5. The highest BCUT2D eigenvalue weighted by Crippen LogP contribution is 2.42. The number of ketones is 1. The third-order valence-electron chi connectivity index (χ3n) is 6.25. The quantitative estimate of drug-likeness (QED) is 0.257. The second kappa shape index (κ2) is 10.2. The van der Waals surface area contributed by atoms with Crippen LogP contribution in [0.2, 0.25) is 5.02 Å². The van der Waals surface area contributed by atoms with Crippen molar-refractivity contribution in [3.63, 3.8) is 0 Å². The van der Waals surface area contributed by atoms with Crippen molar-refractivity contribution < 1.29 is 19.4 Å². The van der Waals surface area contributed by atoms with Crippen LogP contribution in [0.5, 0.6) is 5.75 Å². The third kappa shape index (κ3) is 4.62. The van der Waals surface area contributed by atoms with Crippen LogP contribution in [0.4, 0.5) is 11.4 Å². The summed E-state index contributed by atoms with van der Waals surface area (Å²) in [7, 11) is 1.55. The van der Waals surface area contributed by atoms with E-state index in [9.17, 15) is 14.7 Å². The summed E-state index contributed by atoms with van der Waals surface area (Å²) in [6.07, 6.45) is 0. The molecular formula is C28H27ClN2O4. The van der Waals surface area contributed by atoms with Gasteiger partial charge in [0.05, 0.1) is 18.7 Å². The lowest BCUT2D eigenvalue weighted by Gasteiger charge is -2.27. The lowest BCUT2D eigenvalue weighted by Crippen LogP contribution is -2.29. The van der Waals surface area contributed by atoms with Gasteiger partial charge in [-0.15, -0.1) is 0 Å². The molecule has 1 atom stereocenters. The Labute approximate surface area is 210 Å². The molecule has 1 amide bonds. The van der Waals surface area contributed by atoms with Crippen LogP contribution < -0.4 is 14.5 Å². The third-order valence-corrected chi connectivity index (χ3v) is 6.50. The smallest absolute Gasteiger partial charge is 0.300 e. The molecule has 1 fully saturated rings. The van der Waals surface area contributed by atoms with E-state index in [0.717, 1.165) is 18.8 Å². The van der Waals surface area contributed by atoms with Crippen molar-refractivity contribution in [3.8, 4) is 5.75 Å². The van der Waals surface area contributed by atoms with Gasteiger partial charge in [0.1, 0.15) is 11.5 Å². The van der Waals surface area contributed by atoms with E-state index in [-0.39, 0.29) is 11.3 Å². The van der Waals surface area contributed by atoms with Crippen LogP contribution in [-0.2, 0) is 9.59 Å². The number of carbonyl (C=O) groups excluding carboxylic acids is 2. The maximum absolute atomic E-state index is 13.3. The molecule has 3 aromatic rings. The first-order valence-corrected chi connectivity index (χ1v) is 11.8. The molecule has 0 aliphatic carbocycles. The van der Waals surface area contributed by atoms with Crippen LogP contribution in [-0.4, -0.2) is 37.0 Å². The summed E-state index contributed by atoms with van der Waals surface area (Å²) in [4.78, 5) is 30.2. The van der Waals surface area contributed by atoms with Gasteiger partial charge in [0.15, 0.2) is 0 Å². The van der Waals surface area contributed by atoms with E-state index in [0.29, 0.717) is 27.6 Å². The molecule has 180 valence electrons. The van der Waals surface area contributed by atoms with Crippen LogP contribution in [0.3, 0.4) is 0 Å².